The van der Waals surface area contributed by atoms with Gasteiger partial charge in [-0.05, 0) is 38.1 Å². The van der Waals surface area contributed by atoms with E-state index in [1.807, 2.05) is 31.2 Å². The van der Waals surface area contributed by atoms with E-state index in [4.69, 9.17) is 5.73 Å². The number of aliphatic hydroxyl groups is 4. The number of likely N-dealkylation sites (N-methyl/N-ethyl adjacent to an activating group) is 1. The smallest absolute Gasteiger partial charge is 0.255 e. The number of rotatable bonds is 4. The number of nitrogens with two attached hydrogens (primary N) is 1. The number of aryl methyl sites for hydroxylation is 1. The molecule has 41 heavy (non-hydrogen) atoms. The van der Waals surface area contributed by atoms with Gasteiger partial charge in [0.25, 0.3) is 5.91 Å². The third kappa shape index (κ3) is 3.93. The number of hydrogen-bond acceptors (Lipinski definition) is 9. The number of phenols is 1. The minimum absolute atomic E-state index is 0.0490. The number of carbonyl (C=O) groups excluding carboxylic acids is 3. The van der Waals surface area contributed by atoms with Crippen LogP contribution in [-0.2, 0) is 14.4 Å². The van der Waals surface area contributed by atoms with Crippen molar-refractivity contribution < 1.29 is 39.9 Å². The molecule has 1 fully saturated rings. The van der Waals surface area contributed by atoms with Gasteiger partial charge in [0, 0.05) is 17.1 Å². The van der Waals surface area contributed by atoms with Gasteiger partial charge in [-0.1, -0.05) is 61.0 Å². The predicted molar refractivity (Wildman–Crippen MR) is 150 cm³/mol. The first-order valence-electron chi connectivity index (χ1n) is 13.2. The van der Waals surface area contributed by atoms with Gasteiger partial charge in [-0.2, -0.15) is 0 Å². The molecule has 10 heteroatoms. The van der Waals surface area contributed by atoms with Gasteiger partial charge in [-0.25, -0.2) is 0 Å². The van der Waals surface area contributed by atoms with Crippen LogP contribution >= 0.6 is 0 Å². The summed E-state index contributed by atoms with van der Waals surface area (Å²) in [6.45, 7) is 3.66. The Labute approximate surface area is 236 Å². The molecule has 2 aromatic carbocycles. The summed E-state index contributed by atoms with van der Waals surface area (Å²) in [5, 5.41) is 57.1. The molecule has 0 unspecified atom stereocenters. The number of benzene rings is 2. The number of carbonyl (C=O) groups is 3. The summed E-state index contributed by atoms with van der Waals surface area (Å²) in [6, 6.07) is 9.63. The Morgan fingerprint density at radius 2 is 1.66 bits per heavy atom. The van der Waals surface area contributed by atoms with E-state index in [9.17, 15) is 39.9 Å². The van der Waals surface area contributed by atoms with Crippen molar-refractivity contribution in [2.45, 2.75) is 37.5 Å². The molecule has 214 valence electrons. The van der Waals surface area contributed by atoms with Crippen LogP contribution in [0.1, 0.15) is 40.7 Å². The fraction of sp³-hybridized carbons (Fsp3) is 0.323. The van der Waals surface area contributed by atoms with E-state index in [1.165, 1.54) is 19.0 Å². The molecule has 1 amide bonds. The van der Waals surface area contributed by atoms with Crippen LogP contribution in [0.2, 0.25) is 0 Å². The molecule has 2 aromatic rings. The number of nitrogens with zero attached hydrogens (tertiary/aromatic N) is 1. The summed E-state index contributed by atoms with van der Waals surface area (Å²) in [5.41, 5.74) is 3.74. The summed E-state index contributed by atoms with van der Waals surface area (Å²) in [4.78, 5) is 40.8. The van der Waals surface area contributed by atoms with Crippen molar-refractivity contribution in [1.29, 1.82) is 0 Å². The second kappa shape index (κ2) is 9.69. The summed E-state index contributed by atoms with van der Waals surface area (Å²) in [6.07, 6.45) is 1.80. The molecule has 0 bridgehead atoms. The number of hydrogen-bond donors (Lipinski definition) is 6. The van der Waals surface area contributed by atoms with E-state index in [2.05, 4.69) is 0 Å². The van der Waals surface area contributed by atoms with Crippen molar-refractivity contribution in [1.82, 2.24) is 4.90 Å². The van der Waals surface area contributed by atoms with Crippen LogP contribution in [0.5, 0.6) is 5.75 Å². The molecule has 6 atom stereocenters. The number of Topliss-reactive ketones (excluding diaryl/α,β-unsaturated/α-hetero) is 2. The Hall–Kier alpha value is -4.25. The first-order chi connectivity index (χ1) is 19.2. The van der Waals surface area contributed by atoms with Gasteiger partial charge < -0.3 is 31.3 Å². The third-order valence-corrected chi connectivity index (χ3v) is 8.69. The van der Waals surface area contributed by atoms with Crippen molar-refractivity contribution in [3.63, 3.8) is 0 Å². The highest BCUT2D eigenvalue weighted by atomic mass is 16.4. The van der Waals surface area contributed by atoms with Gasteiger partial charge >= 0.3 is 0 Å². The minimum Gasteiger partial charge on any atom is -0.508 e. The minimum atomic E-state index is -2.94. The van der Waals surface area contributed by atoms with E-state index in [0.29, 0.717) is 11.1 Å². The van der Waals surface area contributed by atoms with Gasteiger partial charge in [0.15, 0.2) is 11.4 Å². The molecule has 0 aliphatic heterocycles. The fourth-order valence-electron chi connectivity index (χ4n) is 6.63. The van der Waals surface area contributed by atoms with E-state index >= 15 is 0 Å². The van der Waals surface area contributed by atoms with Crippen LogP contribution < -0.4 is 5.73 Å². The molecule has 0 radical (unpaired) electrons. The highest BCUT2D eigenvalue weighted by molar-refractivity contribution is 6.24. The largest absolute Gasteiger partial charge is 0.508 e. The Morgan fingerprint density at radius 1 is 1.02 bits per heavy atom. The van der Waals surface area contributed by atoms with Gasteiger partial charge in [-0.15, -0.1) is 0 Å². The van der Waals surface area contributed by atoms with Gasteiger partial charge in [-0.3, -0.25) is 19.3 Å². The number of aliphatic hydroxyl groups excluding tert-OH is 3. The lowest BCUT2D eigenvalue weighted by molar-refractivity contribution is -0.169. The second-order valence-electron chi connectivity index (χ2n) is 11.3. The maximum absolute atomic E-state index is 14.1. The molecule has 0 saturated heterocycles. The lowest BCUT2D eigenvalue weighted by Gasteiger charge is -2.53. The van der Waals surface area contributed by atoms with E-state index < -0.39 is 75.6 Å². The summed E-state index contributed by atoms with van der Waals surface area (Å²) in [7, 11) is 2.93. The zero-order valence-corrected chi connectivity index (χ0v) is 23.0. The van der Waals surface area contributed by atoms with Crippen LogP contribution in [0.3, 0.4) is 0 Å². The molecule has 10 nitrogen and oxygen atoms in total. The Balaban J connectivity index is 1.70. The Bertz CT molecular complexity index is 1590. The molecular weight excluding hydrogens is 528 g/mol. The zero-order chi connectivity index (χ0) is 30.1. The van der Waals surface area contributed by atoms with Crippen molar-refractivity contribution in [2.24, 2.45) is 17.6 Å². The van der Waals surface area contributed by atoms with Gasteiger partial charge in [0.2, 0.25) is 5.78 Å². The molecule has 7 N–H and O–H groups in total. The molecule has 0 spiro atoms. The molecule has 3 aliphatic carbocycles. The van der Waals surface area contributed by atoms with E-state index in [-0.39, 0.29) is 11.3 Å². The number of fused-ring (bicyclic) bond motifs is 3. The van der Waals surface area contributed by atoms with Crippen molar-refractivity contribution in [2.75, 3.05) is 14.1 Å². The van der Waals surface area contributed by atoms with E-state index in [0.717, 1.165) is 11.1 Å². The van der Waals surface area contributed by atoms with Crippen molar-refractivity contribution >= 4 is 35.4 Å². The third-order valence-electron chi connectivity index (χ3n) is 8.69. The number of aromatic hydroxyl groups is 1. The van der Waals surface area contributed by atoms with Gasteiger partial charge in [0.05, 0.1) is 23.6 Å². The normalized spacial score (nSPS) is 29.6. The highest BCUT2D eigenvalue weighted by Gasteiger charge is 2.68. The predicted octanol–water partition coefficient (Wildman–Crippen LogP) is 1.97. The van der Waals surface area contributed by atoms with Crippen molar-refractivity contribution in [3.8, 4) is 5.75 Å². The molecule has 0 heterocycles. The average Bonchev–Trinajstić information content (AvgIpc) is 2.90. The molecular formula is C31H32N2O8. The lowest BCUT2D eigenvalue weighted by Crippen LogP contribution is -2.70. The van der Waals surface area contributed by atoms with Crippen LogP contribution in [0.15, 0.2) is 53.3 Å². The number of ketones is 2. The quantitative estimate of drug-likeness (QED) is 0.241. The standard InChI is InChI=1S/C31H32N2O8/c1-13-5-7-15(8-6-13)9-10-16-11-12-17-14(2)18-20(25(35)19(17)24(16)34)28(38)31(41)22(26(18)36)23(33(3)4)27(37)21(29(31)39)30(32)40/h5-12,14,18,22-23,26,34-36,39,41H,1-4H3,(H2,32,40)/b10-9+/t14-,18+,22+,23-,26-,31-/m1/s1. The van der Waals surface area contributed by atoms with E-state index in [1.54, 1.807) is 31.2 Å². The maximum Gasteiger partial charge on any atom is 0.255 e. The second-order valence-corrected chi connectivity index (χ2v) is 11.3. The molecule has 1 saturated carbocycles. The highest BCUT2D eigenvalue weighted by Crippen LogP contribution is 2.56. The molecule has 5 rings (SSSR count). The fourth-order valence-corrected chi connectivity index (χ4v) is 6.63. The molecule has 3 aliphatic rings. The first kappa shape index (κ1) is 28.3. The number of phenolic OH excluding ortho intramolecular Hbond substituents is 1. The summed E-state index contributed by atoms with van der Waals surface area (Å²) in [5.74, 6) is -9.09. The van der Waals surface area contributed by atoms with Crippen LogP contribution in [0.4, 0.5) is 0 Å². The van der Waals surface area contributed by atoms with Crippen LogP contribution in [-0.4, -0.2) is 79.7 Å². The number of amides is 1. The van der Waals surface area contributed by atoms with Crippen LogP contribution in [0.25, 0.3) is 17.9 Å². The van der Waals surface area contributed by atoms with Gasteiger partial charge in [0.1, 0.15) is 22.8 Å². The monoisotopic (exact) mass is 560 g/mol. The molecule has 0 aromatic heterocycles. The Kier molecular flexibility index (Phi) is 6.68. The number of primary amides is 1. The SMILES string of the molecule is Cc1ccc(/C=C/c2ccc3c(c2O)C(O)=C2C(=O)[C@@]4(O)C(O)=C(C(N)=O)C(=O)[C@H](N(C)C)[C@H]4[C@H](O)[C@H]2[C@@H]3C)cc1. The van der Waals surface area contributed by atoms with Crippen molar-refractivity contribution in [3.05, 3.63) is 81.1 Å². The first-order valence-corrected chi connectivity index (χ1v) is 13.2. The lowest BCUT2D eigenvalue weighted by atomic mass is 9.54. The zero-order valence-electron chi connectivity index (χ0n) is 23.0. The summed E-state index contributed by atoms with van der Waals surface area (Å²) >= 11 is 0. The average molecular weight is 561 g/mol. The van der Waals surface area contributed by atoms with Crippen LogP contribution in [0, 0.1) is 18.8 Å². The summed E-state index contributed by atoms with van der Waals surface area (Å²) < 4.78 is 0. The Morgan fingerprint density at radius 3 is 2.24 bits per heavy atom. The maximum atomic E-state index is 14.1. The topological polar surface area (TPSA) is 182 Å².